The topological polar surface area (TPSA) is 88.9 Å². The lowest BCUT2D eigenvalue weighted by Crippen LogP contribution is -2.41. The molecule has 4 rings (SSSR count). The SMILES string of the molecule is Cc1ccc(Cn2cc(C(=O)NNC(=O)c3cccnc3)c(-c3ccc(C)cc3)n2)cc1. The predicted octanol–water partition coefficient (Wildman–Crippen LogP) is 3.69. The van der Waals surface area contributed by atoms with Gasteiger partial charge in [0.2, 0.25) is 0 Å². The van der Waals surface area contributed by atoms with Crippen molar-refractivity contribution >= 4 is 11.8 Å². The van der Waals surface area contributed by atoms with Crippen LogP contribution in [0.3, 0.4) is 0 Å². The van der Waals surface area contributed by atoms with Crippen LogP contribution in [0.4, 0.5) is 0 Å². The Morgan fingerprint density at radius 2 is 1.53 bits per heavy atom. The van der Waals surface area contributed by atoms with Gasteiger partial charge in [-0.15, -0.1) is 0 Å². The van der Waals surface area contributed by atoms with Crippen LogP contribution in [0, 0.1) is 13.8 Å². The van der Waals surface area contributed by atoms with Crippen molar-refractivity contribution in [2.24, 2.45) is 0 Å². The number of rotatable bonds is 5. The van der Waals surface area contributed by atoms with E-state index < -0.39 is 11.8 Å². The van der Waals surface area contributed by atoms with Crippen molar-refractivity contribution in [1.29, 1.82) is 0 Å². The monoisotopic (exact) mass is 425 g/mol. The van der Waals surface area contributed by atoms with Gasteiger partial charge in [0.15, 0.2) is 0 Å². The van der Waals surface area contributed by atoms with E-state index in [0.717, 1.165) is 16.7 Å². The number of amides is 2. The molecule has 0 atom stereocenters. The molecule has 7 heteroatoms. The van der Waals surface area contributed by atoms with Crippen molar-refractivity contribution in [3.05, 3.63) is 107 Å². The molecule has 2 aromatic heterocycles. The van der Waals surface area contributed by atoms with Crippen LogP contribution in [0.15, 0.2) is 79.3 Å². The van der Waals surface area contributed by atoms with Crippen molar-refractivity contribution in [1.82, 2.24) is 25.6 Å². The number of nitrogens with one attached hydrogen (secondary N) is 2. The molecule has 0 aliphatic rings. The zero-order valence-electron chi connectivity index (χ0n) is 17.9. The average molecular weight is 425 g/mol. The molecule has 0 fully saturated rings. The molecule has 0 radical (unpaired) electrons. The van der Waals surface area contributed by atoms with Gasteiger partial charge in [0.05, 0.1) is 17.7 Å². The molecule has 0 bridgehead atoms. The summed E-state index contributed by atoms with van der Waals surface area (Å²) < 4.78 is 1.73. The van der Waals surface area contributed by atoms with Gasteiger partial charge in [0, 0.05) is 24.2 Å². The summed E-state index contributed by atoms with van der Waals surface area (Å²) in [7, 11) is 0. The average Bonchev–Trinajstić information content (AvgIpc) is 3.23. The second-order valence-electron chi connectivity index (χ2n) is 7.59. The van der Waals surface area contributed by atoms with Gasteiger partial charge in [0.1, 0.15) is 5.69 Å². The summed E-state index contributed by atoms with van der Waals surface area (Å²) >= 11 is 0. The van der Waals surface area contributed by atoms with Crippen molar-refractivity contribution in [3.63, 3.8) is 0 Å². The zero-order chi connectivity index (χ0) is 22.5. The number of hydrazine groups is 1. The third-order valence-corrected chi connectivity index (χ3v) is 5.01. The molecular formula is C25H23N5O2. The number of pyridine rings is 1. The Hall–Kier alpha value is -4.26. The second-order valence-corrected chi connectivity index (χ2v) is 7.59. The number of carbonyl (C=O) groups is 2. The van der Waals surface area contributed by atoms with Gasteiger partial charge >= 0.3 is 0 Å². The van der Waals surface area contributed by atoms with Crippen molar-refractivity contribution < 1.29 is 9.59 Å². The van der Waals surface area contributed by atoms with E-state index in [9.17, 15) is 9.59 Å². The molecule has 2 heterocycles. The van der Waals surface area contributed by atoms with Gasteiger partial charge < -0.3 is 0 Å². The maximum atomic E-state index is 13.0. The fourth-order valence-corrected chi connectivity index (χ4v) is 3.22. The van der Waals surface area contributed by atoms with Gasteiger partial charge in [-0.25, -0.2) is 0 Å². The second kappa shape index (κ2) is 9.26. The Kier molecular flexibility index (Phi) is 6.07. The van der Waals surface area contributed by atoms with Crippen LogP contribution >= 0.6 is 0 Å². The maximum absolute atomic E-state index is 13.0. The lowest BCUT2D eigenvalue weighted by atomic mass is 10.1. The number of hydrogen-bond acceptors (Lipinski definition) is 4. The molecule has 7 nitrogen and oxygen atoms in total. The Bertz CT molecular complexity index is 1230. The van der Waals surface area contributed by atoms with Crippen molar-refractivity contribution in [3.8, 4) is 11.3 Å². The number of nitrogens with zero attached hydrogens (tertiary/aromatic N) is 3. The summed E-state index contributed by atoms with van der Waals surface area (Å²) in [6, 6.07) is 19.2. The van der Waals surface area contributed by atoms with Crippen molar-refractivity contribution in [2.45, 2.75) is 20.4 Å². The number of aryl methyl sites for hydroxylation is 2. The summed E-state index contributed by atoms with van der Waals surface area (Å²) in [6.45, 7) is 4.56. The van der Waals surface area contributed by atoms with Crippen LogP contribution in [-0.2, 0) is 6.54 Å². The Balaban J connectivity index is 1.59. The lowest BCUT2D eigenvalue weighted by Gasteiger charge is -2.07. The van der Waals surface area contributed by atoms with Crippen LogP contribution in [0.2, 0.25) is 0 Å². The summed E-state index contributed by atoms with van der Waals surface area (Å²) in [5, 5.41) is 4.67. The number of benzene rings is 2. The molecule has 4 aromatic rings. The summed E-state index contributed by atoms with van der Waals surface area (Å²) in [5.41, 5.74) is 10.4. The largest absolute Gasteiger partial charge is 0.273 e. The maximum Gasteiger partial charge on any atom is 0.273 e. The molecule has 2 N–H and O–H groups in total. The number of hydrogen-bond donors (Lipinski definition) is 2. The first-order valence-corrected chi connectivity index (χ1v) is 10.2. The van der Waals surface area contributed by atoms with Gasteiger partial charge in [0.25, 0.3) is 11.8 Å². The van der Waals surface area contributed by atoms with Gasteiger partial charge in [-0.1, -0.05) is 59.7 Å². The van der Waals surface area contributed by atoms with Crippen LogP contribution in [0.25, 0.3) is 11.3 Å². The molecule has 2 aromatic carbocycles. The highest BCUT2D eigenvalue weighted by atomic mass is 16.2. The predicted molar refractivity (Wildman–Crippen MR) is 122 cm³/mol. The third-order valence-electron chi connectivity index (χ3n) is 5.01. The molecule has 0 saturated carbocycles. The molecule has 0 unspecified atom stereocenters. The fourth-order valence-electron chi connectivity index (χ4n) is 3.22. The molecule has 160 valence electrons. The van der Waals surface area contributed by atoms with E-state index >= 15 is 0 Å². The van der Waals surface area contributed by atoms with Gasteiger partial charge in [-0.2, -0.15) is 5.10 Å². The molecule has 2 amide bonds. The molecule has 32 heavy (non-hydrogen) atoms. The summed E-state index contributed by atoms with van der Waals surface area (Å²) in [5.74, 6) is -0.900. The van der Waals surface area contributed by atoms with Crippen LogP contribution in [0.1, 0.15) is 37.4 Å². The van der Waals surface area contributed by atoms with Crippen molar-refractivity contribution in [2.75, 3.05) is 0 Å². The van der Waals surface area contributed by atoms with Gasteiger partial charge in [-0.05, 0) is 31.5 Å². The van der Waals surface area contributed by atoms with Crippen LogP contribution in [0.5, 0.6) is 0 Å². The van der Waals surface area contributed by atoms with E-state index in [4.69, 9.17) is 0 Å². The highest BCUT2D eigenvalue weighted by Gasteiger charge is 2.19. The highest BCUT2D eigenvalue weighted by Crippen LogP contribution is 2.23. The third kappa shape index (κ3) is 4.89. The first kappa shape index (κ1) is 21.0. The minimum absolute atomic E-state index is 0.349. The van der Waals surface area contributed by atoms with Crippen LogP contribution in [-0.4, -0.2) is 26.6 Å². The van der Waals surface area contributed by atoms with E-state index in [1.54, 1.807) is 29.2 Å². The van der Waals surface area contributed by atoms with E-state index in [1.165, 1.54) is 11.8 Å². The molecule has 0 aliphatic carbocycles. The minimum Gasteiger partial charge on any atom is -0.267 e. The first-order chi connectivity index (χ1) is 15.5. The highest BCUT2D eigenvalue weighted by molar-refractivity contribution is 6.02. The van der Waals surface area contributed by atoms with E-state index in [2.05, 4.69) is 20.9 Å². The number of aromatic nitrogens is 3. The quantitative estimate of drug-likeness (QED) is 0.478. The zero-order valence-corrected chi connectivity index (χ0v) is 17.9. The van der Waals surface area contributed by atoms with E-state index in [-0.39, 0.29) is 0 Å². The first-order valence-electron chi connectivity index (χ1n) is 10.2. The summed E-state index contributed by atoms with van der Waals surface area (Å²) in [6.07, 6.45) is 4.70. The van der Waals surface area contributed by atoms with Crippen LogP contribution < -0.4 is 10.9 Å². The Labute approximate surface area is 186 Å². The summed E-state index contributed by atoms with van der Waals surface area (Å²) in [4.78, 5) is 29.1. The fraction of sp³-hybridized carbons (Fsp3) is 0.120. The van der Waals surface area contributed by atoms with E-state index in [0.29, 0.717) is 23.4 Å². The van der Waals surface area contributed by atoms with Gasteiger partial charge in [-0.3, -0.25) is 30.1 Å². The smallest absolute Gasteiger partial charge is 0.267 e. The molecule has 0 saturated heterocycles. The minimum atomic E-state index is -0.451. The Morgan fingerprint density at radius 1 is 0.875 bits per heavy atom. The molecule has 0 aliphatic heterocycles. The number of carbonyl (C=O) groups excluding carboxylic acids is 2. The Morgan fingerprint density at radius 3 is 2.19 bits per heavy atom. The molecular weight excluding hydrogens is 402 g/mol. The molecule has 0 spiro atoms. The standard InChI is InChI=1S/C25H23N5O2/c1-17-5-9-19(10-6-17)15-30-16-22(23(29-30)20-11-7-18(2)8-12-20)25(32)28-27-24(31)21-4-3-13-26-14-21/h3-14,16H,15H2,1-2H3,(H,27,31)(H,28,32). The normalized spacial score (nSPS) is 10.6. The van der Waals surface area contributed by atoms with E-state index in [1.807, 2.05) is 62.4 Å². The lowest BCUT2D eigenvalue weighted by molar-refractivity contribution is 0.0846.